The molecule has 1 unspecified atom stereocenters. The second-order valence-corrected chi connectivity index (χ2v) is 12.7. The van der Waals surface area contributed by atoms with Crippen molar-refractivity contribution in [3.63, 3.8) is 0 Å². The van der Waals surface area contributed by atoms with Crippen LogP contribution in [0.1, 0.15) is 46.5 Å². The molecule has 0 amide bonds. The summed E-state index contributed by atoms with van der Waals surface area (Å²) in [6, 6.07) is 10.7. The predicted octanol–water partition coefficient (Wildman–Crippen LogP) is 4.75. The number of hydrogen-bond donors (Lipinski definition) is 1. The normalized spacial score (nSPS) is 15.7. The van der Waals surface area contributed by atoms with Crippen molar-refractivity contribution in [1.82, 2.24) is 24.5 Å². The average Bonchev–Trinajstić information content (AvgIpc) is 3.38. The van der Waals surface area contributed by atoms with E-state index in [1.165, 1.54) is 6.20 Å². The predicted molar refractivity (Wildman–Crippen MR) is 165 cm³/mol. The largest absolute Gasteiger partial charge is 0.494 e. The first kappa shape index (κ1) is 31.4. The van der Waals surface area contributed by atoms with Crippen molar-refractivity contribution in [2.45, 2.75) is 58.3 Å². The standard InChI is InChI=1S/C30H38N6O7S/c1-6-41-24-14-9-11-20(32-24)28-34-27-29(36(28)26-21(39-4)12-10-13-22(26)40-5)33-23(19-31-27)35-44(37,38)18-16-30(2,3)43-25-15-7-8-17-42-25/h9-14,19,25H,6-8,15-18H2,1-5H3,(H,33,35). The van der Waals surface area contributed by atoms with Gasteiger partial charge >= 0.3 is 0 Å². The molecule has 1 N–H and O–H groups in total. The SMILES string of the molecule is CCOc1cccc(-c2nc3ncc(NS(=O)(=O)CCC(C)(C)OC4CCCCO4)nc3n2-c2c(OC)cccc2OC)n1. The van der Waals surface area contributed by atoms with E-state index in [4.69, 9.17) is 28.7 Å². The lowest BCUT2D eigenvalue weighted by Gasteiger charge is -2.32. The first-order valence-electron chi connectivity index (χ1n) is 14.5. The number of imidazole rings is 1. The van der Waals surface area contributed by atoms with Crippen molar-refractivity contribution >= 4 is 27.1 Å². The van der Waals surface area contributed by atoms with Gasteiger partial charge in [0.15, 0.2) is 29.2 Å². The Morgan fingerprint density at radius 2 is 1.80 bits per heavy atom. The Balaban J connectivity index is 1.51. The molecule has 236 valence electrons. The van der Waals surface area contributed by atoms with Gasteiger partial charge in [-0.1, -0.05) is 12.1 Å². The average molecular weight is 627 g/mol. The van der Waals surface area contributed by atoms with Crippen molar-refractivity contribution in [3.8, 4) is 34.6 Å². The molecule has 1 aliphatic rings. The highest BCUT2D eigenvalue weighted by atomic mass is 32.2. The number of nitrogens with one attached hydrogen (secondary N) is 1. The zero-order valence-electron chi connectivity index (χ0n) is 25.6. The molecule has 0 radical (unpaired) electrons. The summed E-state index contributed by atoms with van der Waals surface area (Å²) in [4.78, 5) is 18.5. The van der Waals surface area contributed by atoms with E-state index < -0.39 is 15.6 Å². The molecule has 1 aromatic carbocycles. The summed E-state index contributed by atoms with van der Waals surface area (Å²) in [7, 11) is -0.732. The van der Waals surface area contributed by atoms with Crippen LogP contribution in [-0.2, 0) is 19.5 Å². The molecule has 44 heavy (non-hydrogen) atoms. The Bertz CT molecular complexity index is 1680. The summed E-state index contributed by atoms with van der Waals surface area (Å²) in [6.45, 7) is 6.69. The van der Waals surface area contributed by atoms with Crippen LogP contribution in [0, 0.1) is 0 Å². The highest BCUT2D eigenvalue weighted by molar-refractivity contribution is 7.92. The van der Waals surface area contributed by atoms with E-state index in [9.17, 15) is 8.42 Å². The minimum atomic E-state index is -3.82. The molecular weight excluding hydrogens is 588 g/mol. The van der Waals surface area contributed by atoms with Crippen LogP contribution in [-0.4, -0.2) is 78.0 Å². The van der Waals surface area contributed by atoms with E-state index in [0.717, 1.165) is 19.3 Å². The van der Waals surface area contributed by atoms with Crippen LogP contribution < -0.4 is 18.9 Å². The molecule has 13 nitrogen and oxygen atoms in total. The molecule has 1 saturated heterocycles. The zero-order valence-corrected chi connectivity index (χ0v) is 26.4. The van der Waals surface area contributed by atoms with Crippen molar-refractivity contribution in [3.05, 3.63) is 42.6 Å². The maximum atomic E-state index is 13.2. The molecule has 0 bridgehead atoms. The van der Waals surface area contributed by atoms with Crippen LogP contribution in [0.25, 0.3) is 28.5 Å². The van der Waals surface area contributed by atoms with E-state index in [1.54, 1.807) is 49.1 Å². The summed E-state index contributed by atoms with van der Waals surface area (Å²) >= 11 is 0. The van der Waals surface area contributed by atoms with Crippen LogP contribution in [0.4, 0.5) is 5.82 Å². The van der Waals surface area contributed by atoms with Gasteiger partial charge in [-0.2, -0.15) is 0 Å². The van der Waals surface area contributed by atoms with Gasteiger partial charge in [-0.05, 0) is 64.7 Å². The smallest absolute Gasteiger partial charge is 0.234 e. The molecule has 14 heteroatoms. The number of sulfonamides is 1. The van der Waals surface area contributed by atoms with Crippen molar-refractivity contribution in [2.24, 2.45) is 0 Å². The van der Waals surface area contributed by atoms with E-state index in [1.807, 2.05) is 26.8 Å². The van der Waals surface area contributed by atoms with Gasteiger partial charge in [0, 0.05) is 12.7 Å². The van der Waals surface area contributed by atoms with E-state index in [2.05, 4.69) is 19.7 Å². The van der Waals surface area contributed by atoms with Gasteiger partial charge in [0.2, 0.25) is 15.9 Å². The molecule has 1 aliphatic heterocycles. The fourth-order valence-electron chi connectivity index (χ4n) is 4.91. The number of para-hydroxylation sites is 1. The Kier molecular flexibility index (Phi) is 9.51. The summed E-state index contributed by atoms with van der Waals surface area (Å²) in [5.41, 5.74) is 0.807. The second kappa shape index (κ2) is 13.3. The Morgan fingerprint density at radius 1 is 1.05 bits per heavy atom. The van der Waals surface area contributed by atoms with Gasteiger partial charge in [-0.25, -0.2) is 28.4 Å². The lowest BCUT2D eigenvalue weighted by molar-refractivity contribution is -0.215. The molecule has 4 heterocycles. The summed E-state index contributed by atoms with van der Waals surface area (Å²) in [5.74, 6) is 1.60. The number of pyridine rings is 1. The molecule has 4 aromatic rings. The number of methoxy groups -OCH3 is 2. The highest BCUT2D eigenvalue weighted by Gasteiger charge is 2.29. The maximum absolute atomic E-state index is 13.2. The number of fused-ring (bicyclic) bond motifs is 1. The number of nitrogens with zero attached hydrogens (tertiary/aromatic N) is 5. The topological polar surface area (TPSA) is 149 Å². The van der Waals surface area contributed by atoms with Gasteiger partial charge in [-0.15, -0.1) is 0 Å². The fraction of sp³-hybridized carbons (Fsp3) is 0.467. The van der Waals surface area contributed by atoms with Crippen LogP contribution in [0.3, 0.4) is 0 Å². The number of anilines is 1. The lowest BCUT2D eigenvalue weighted by Crippen LogP contribution is -2.36. The first-order chi connectivity index (χ1) is 21.1. The Labute approximate surface area is 257 Å². The molecule has 0 saturated carbocycles. The van der Waals surface area contributed by atoms with E-state index in [0.29, 0.717) is 47.8 Å². The third-order valence-electron chi connectivity index (χ3n) is 7.06. The molecule has 3 aromatic heterocycles. The monoisotopic (exact) mass is 626 g/mol. The quantitative estimate of drug-likeness (QED) is 0.219. The van der Waals surface area contributed by atoms with Crippen molar-refractivity contribution < 1.29 is 32.1 Å². The molecular formula is C30H38N6O7S. The maximum Gasteiger partial charge on any atom is 0.234 e. The third-order valence-corrected chi connectivity index (χ3v) is 8.32. The minimum absolute atomic E-state index is 0.0319. The summed E-state index contributed by atoms with van der Waals surface area (Å²) < 4.78 is 59.4. The zero-order chi connectivity index (χ0) is 31.3. The van der Waals surface area contributed by atoms with E-state index >= 15 is 0 Å². The molecule has 0 aliphatic carbocycles. The minimum Gasteiger partial charge on any atom is -0.494 e. The van der Waals surface area contributed by atoms with Crippen LogP contribution >= 0.6 is 0 Å². The second-order valence-electron chi connectivity index (χ2n) is 10.8. The molecule has 0 spiro atoms. The van der Waals surface area contributed by atoms with Gasteiger partial charge in [0.05, 0.1) is 38.4 Å². The number of rotatable bonds is 13. The van der Waals surface area contributed by atoms with Gasteiger partial charge in [0.1, 0.15) is 22.9 Å². The van der Waals surface area contributed by atoms with Gasteiger partial charge in [0.25, 0.3) is 0 Å². The number of hydrogen-bond acceptors (Lipinski definition) is 11. The van der Waals surface area contributed by atoms with Crippen molar-refractivity contribution in [2.75, 3.05) is 37.9 Å². The van der Waals surface area contributed by atoms with Crippen LogP contribution in [0.2, 0.25) is 0 Å². The molecule has 1 fully saturated rings. The highest BCUT2D eigenvalue weighted by Crippen LogP contribution is 2.38. The van der Waals surface area contributed by atoms with Crippen LogP contribution in [0.15, 0.2) is 42.6 Å². The van der Waals surface area contributed by atoms with Crippen molar-refractivity contribution in [1.29, 1.82) is 0 Å². The van der Waals surface area contributed by atoms with Gasteiger partial charge < -0.3 is 23.7 Å². The molecule has 1 atom stereocenters. The number of aromatic nitrogens is 5. The Morgan fingerprint density at radius 3 is 2.48 bits per heavy atom. The number of benzene rings is 1. The first-order valence-corrected chi connectivity index (χ1v) is 16.2. The van der Waals surface area contributed by atoms with Gasteiger partial charge in [-0.3, -0.25) is 9.29 Å². The fourth-order valence-corrected chi connectivity index (χ4v) is 6.19. The Hall–Kier alpha value is -4.01. The summed E-state index contributed by atoms with van der Waals surface area (Å²) in [5, 5.41) is 0. The lowest BCUT2D eigenvalue weighted by atomic mass is 10.1. The van der Waals surface area contributed by atoms with E-state index in [-0.39, 0.29) is 35.6 Å². The third kappa shape index (κ3) is 7.20. The van der Waals surface area contributed by atoms with Crippen LogP contribution in [0.5, 0.6) is 17.4 Å². The number of ether oxygens (including phenoxy) is 5. The summed E-state index contributed by atoms with van der Waals surface area (Å²) in [6.07, 6.45) is 4.08. The molecule has 5 rings (SSSR count).